The Morgan fingerprint density at radius 1 is 1.41 bits per heavy atom. The van der Waals surface area contributed by atoms with Crippen LogP contribution >= 0.6 is 0 Å². The van der Waals surface area contributed by atoms with Gasteiger partial charge < -0.3 is 20.3 Å². The van der Waals surface area contributed by atoms with Gasteiger partial charge in [-0.2, -0.15) is 0 Å². The number of aliphatic hydroxyl groups excluding tert-OH is 1. The number of amides is 2. The second kappa shape index (κ2) is 6.40. The summed E-state index contributed by atoms with van der Waals surface area (Å²) in [7, 11) is 1.78. The lowest BCUT2D eigenvalue weighted by Gasteiger charge is -2.23. The number of aliphatic hydroxyl groups is 1. The number of aromatic nitrogens is 1. The molecular weight excluding hydrogens is 278 g/mol. The fraction of sp³-hybridized carbons (Fsp3) is 0.471. The summed E-state index contributed by atoms with van der Waals surface area (Å²) in [5.41, 5.74) is 2.07. The van der Waals surface area contributed by atoms with Gasteiger partial charge in [0.2, 0.25) is 0 Å². The number of nitrogens with zero attached hydrogens (tertiary/aromatic N) is 1. The minimum absolute atomic E-state index is 0.0993. The zero-order valence-corrected chi connectivity index (χ0v) is 12.9. The third kappa shape index (κ3) is 3.25. The third-order valence-electron chi connectivity index (χ3n) is 4.49. The van der Waals surface area contributed by atoms with Gasteiger partial charge in [0, 0.05) is 30.7 Å². The van der Waals surface area contributed by atoms with E-state index >= 15 is 0 Å². The average molecular weight is 301 g/mol. The third-order valence-corrected chi connectivity index (χ3v) is 4.49. The van der Waals surface area contributed by atoms with Gasteiger partial charge in [-0.25, -0.2) is 4.79 Å². The summed E-state index contributed by atoms with van der Waals surface area (Å²) in [6.07, 6.45) is 2.65. The van der Waals surface area contributed by atoms with E-state index < -0.39 is 0 Å². The molecule has 1 saturated carbocycles. The number of fused-ring (bicyclic) bond motifs is 1. The van der Waals surface area contributed by atoms with E-state index in [2.05, 4.69) is 16.4 Å². The van der Waals surface area contributed by atoms with Crippen LogP contribution in [0.4, 0.5) is 4.79 Å². The largest absolute Gasteiger partial charge is 0.393 e. The number of benzene rings is 1. The van der Waals surface area contributed by atoms with Crippen LogP contribution in [0.5, 0.6) is 0 Å². The minimum atomic E-state index is -0.260. The molecule has 1 aromatic carbocycles. The van der Waals surface area contributed by atoms with Gasteiger partial charge in [0.05, 0.1) is 12.6 Å². The second-order valence-electron chi connectivity index (χ2n) is 6.18. The number of hydrogen-bond acceptors (Lipinski definition) is 2. The van der Waals surface area contributed by atoms with Crippen LogP contribution in [0.15, 0.2) is 30.3 Å². The number of nitrogens with one attached hydrogen (secondary N) is 2. The van der Waals surface area contributed by atoms with E-state index in [0.29, 0.717) is 13.1 Å². The van der Waals surface area contributed by atoms with Crippen molar-refractivity contribution in [2.45, 2.75) is 31.9 Å². The van der Waals surface area contributed by atoms with Crippen LogP contribution in [0, 0.1) is 5.92 Å². The molecule has 1 aliphatic carbocycles. The number of hydrogen-bond donors (Lipinski definition) is 3. The predicted molar refractivity (Wildman–Crippen MR) is 86.5 cm³/mol. The molecule has 3 rings (SSSR count). The van der Waals surface area contributed by atoms with E-state index in [-0.39, 0.29) is 18.1 Å². The number of para-hydroxylation sites is 1. The summed E-state index contributed by atoms with van der Waals surface area (Å²) >= 11 is 0. The molecule has 5 nitrogen and oxygen atoms in total. The maximum atomic E-state index is 12.1. The summed E-state index contributed by atoms with van der Waals surface area (Å²) in [6.45, 7) is 1.09. The Labute approximate surface area is 130 Å². The van der Waals surface area contributed by atoms with Crippen LogP contribution in [0.3, 0.4) is 0 Å². The van der Waals surface area contributed by atoms with Gasteiger partial charge >= 0.3 is 6.03 Å². The first-order valence-corrected chi connectivity index (χ1v) is 7.87. The molecule has 118 valence electrons. The Bertz CT molecular complexity index is 619. The molecule has 2 aromatic rings. The molecular formula is C17H23N3O2. The molecule has 0 aliphatic heterocycles. The van der Waals surface area contributed by atoms with Crippen molar-refractivity contribution < 1.29 is 9.90 Å². The van der Waals surface area contributed by atoms with Crippen molar-refractivity contribution in [3.63, 3.8) is 0 Å². The molecule has 22 heavy (non-hydrogen) atoms. The van der Waals surface area contributed by atoms with Crippen LogP contribution < -0.4 is 5.32 Å². The van der Waals surface area contributed by atoms with E-state index in [1.807, 2.05) is 24.3 Å². The molecule has 3 N–H and O–H groups in total. The standard InChI is InChI=1S/C17H23N3O2/c1-20(11-13-6-4-8-16(13)21)17(22)18-10-14-9-12-5-2-3-7-15(12)19-14/h2-3,5,7,9,13,16,19,21H,4,6,8,10-11H2,1H3,(H,18,22). The molecule has 0 radical (unpaired) electrons. The molecule has 0 bridgehead atoms. The van der Waals surface area contributed by atoms with E-state index in [1.54, 1.807) is 11.9 Å². The van der Waals surface area contributed by atoms with Crippen molar-refractivity contribution in [1.82, 2.24) is 15.2 Å². The summed E-state index contributed by atoms with van der Waals surface area (Å²) in [4.78, 5) is 17.1. The SMILES string of the molecule is CN(CC1CCCC1O)C(=O)NCc1cc2ccccc2[nH]1. The highest BCUT2D eigenvalue weighted by atomic mass is 16.3. The van der Waals surface area contributed by atoms with Crippen molar-refractivity contribution in [3.05, 3.63) is 36.0 Å². The molecule has 1 heterocycles. The van der Waals surface area contributed by atoms with Crippen molar-refractivity contribution in [1.29, 1.82) is 0 Å². The highest BCUT2D eigenvalue weighted by Crippen LogP contribution is 2.25. The topological polar surface area (TPSA) is 68.4 Å². The number of carbonyl (C=O) groups is 1. The molecule has 2 amide bonds. The fourth-order valence-electron chi connectivity index (χ4n) is 3.20. The van der Waals surface area contributed by atoms with Crippen LogP contribution in [0.2, 0.25) is 0 Å². The first-order chi connectivity index (χ1) is 10.6. The lowest BCUT2D eigenvalue weighted by Crippen LogP contribution is -2.40. The van der Waals surface area contributed by atoms with E-state index in [9.17, 15) is 9.90 Å². The second-order valence-corrected chi connectivity index (χ2v) is 6.18. The van der Waals surface area contributed by atoms with Gasteiger partial charge in [0.25, 0.3) is 0 Å². The molecule has 1 aliphatic rings. The zero-order valence-electron chi connectivity index (χ0n) is 12.9. The first-order valence-electron chi connectivity index (χ1n) is 7.87. The van der Waals surface area contributed by atoms with Gasteiger partial charge in [-0.3, -0.25) is 0 Å². The summed E-state index contributed by atoms with van der Waals surface area (Å²) < 4.78 is 0. The monoisotopic (exact) mass is 301 g/mol. The number of carbonyl (C=O) groups excluding carboxylic acids is 1. The van der Waals surface area contributed by atoms with Gasteiger partial charge in [-0.1, -0.05) is 24.6 Å². The average Bonchev–Trinajstić information content (AvgIpc) is 3.10. The Hall–Kier alpha value is -2.01. The Morgan fingerprint density at radius 3 is 2.95 bits per heavy atom. The Balaban J connectivity index is 1.52. The minimum Gasteiger partial charge on any atom is -0.393 e. The van der Waals surface area contributed by atoms with Crippen LogP contribution in [-0.4, -0.2) is 40.7 Å². The number of aromatic amines is 1. The normalized spacial score (nSPS) is 21.2. The lowest BCUT2D eigenvalue weighted by molar-refractivity contribution is 0.114. The van der Waals surface area contributed by atoms with Crippen LogP contribution in [0.25, 0.3) is 10.9 Å². The molecule has 5 heteroatoms. The Morgan fingerprint density at radius 2 is 2.23 bits per heavy atom. The van der Waals surface area contributed by atoms with Gasteiger partial charge in [0.15, 0.2) is 0 Å². The molecule has 2 unspecified atom stereocenters. The fourth-order valence-corrected chi connectivity index (χ4v) is 3.20. The maximum Gasteiger partial charge on any atom is 0.317 e. The van der Waals surface area contributed by atoms with Crippen molar-refractivity contribution in [2.24, 2.45) is 5.92 Å². The molecule has 2 atom stereocenters. The maximum absolute atomic E-state index is 12.1. The van der Waals surface area contributed by atoms with E-state index in [1.165, 1.54) is 0 Å². The number of rotatable bonds is 4. The highest BCUT2D eigenvalue weighted by Gasteiger charge is 2.27. The summed E-state index contributed by atoms with van der Waals surface area (Å²) in [6, 6.07) is 10.0. The number of H-pyrrole nitrogens is 1. The quantitative estimate of drug-likeness (QED) is 0.812. The highest BCUT2D eigenvalue weighted by molar-refractivity contribution is 5.80. The molecule has 0 saturated heterocycles. The first kappa shape index (κ1) is 14.9. The Kier molecular flexibility index (Phi) is 4.34. The smallest absolute Gasteiger partial charge is 0.317 e. The van der Waals surface area contributed by atoms with Crippen LogP contribution in [-0.2, 0) is 6.54 Å². The van der Waals surface area contributed by atoms with Crippen LogP contribution in [0.1, 0.15) is 25.0 Å². The molecule has 1 aromatic heterocycles. The van der Waals surface area contributed by atoms with Gasteiger partial charge in [-0.05, 0) is 30.4 Å². The van der Waals surface area contributed by atoms with Gasteiger partial charge in [-0.15, -0.1) is 0 Å². The molecule has 0 spiro atoms. The van der Waals surface area contributed by atoms with Crippen molar-refractivity contribution >= 4 is 16.9 Å². The summed E-state index contributed by atoms with van der Waals surface area (Å²) in [5, 5.41) is 13.9. The molecule has 1 fully saturated rings. The lowest BCUT2D eigenvalue weighted by atomic mass is 10.1. The van der Waals surface area contributed by atoms with Crippen molar-refractivity contribution in [2.75, 3.05) is 13.6 Å². The van der Waals surface area contributed by atoms with E-state index in [0.717, 1.165) is 35.9 Å². The van der Waals surface area contributed by atoms with Gasteiger partial charge in [0.1, 0.15) is 0 Å². The predicted octanol–water partition coefficient (Wildman–Crippen LogP) is 2.47. The number of urea groups is 1. The van der Waals surface area contributed by atoms with E-state index in [4.69, 9.17) is 0 Å². The summed E-state index contributed by atoms with van der Waals surface area (Å²) in [5.74, 6) is 0.212. The van der Waals surface area contributed by atoms with Crippen molar-refractivity contribution in [3.8, 4) is 0 Å². The zero-order chi connectivity index (χ0) is 15.5.